The molecule has 0 saturated carbocycles. The van der Waals surface area contributed by atoms with Crippen LogP contribution in [0.2, 0.25) is 0 Å². The maximum absolute atomic E-state index is 5.43. The highest BCUT2D eigenvalue weighted by Crippen LogP contribution is 2.19. The standard InChI is InChI=1S/C18H26N4OS/c1-5-19-18(22-12-17-21-11-14(3)24-17)20-9-8-15-10-13(2)6-7-16(15)23-4/h6-7,10-11H,5,8-9,12H2,1-4H3,(H2,19,20,22). The fourth-order valence-electron chi connectivity index (χ4n) is 2.38. The van der Waals surface area contributed by atoms with Crippen molar-refractivity contribution in [3.63, 3.8) is 0 Å². The molecule has 2 rings (SSSR count). The lowest BCUT2D eigenvalue weighted by Gasteiger charge is -2.13. The van der Waals surface area contributed by atoms with Gasteiger partial charge >= 0.3 is 0 Å². The normalized spacial score (nSPS) is 11.4. The number of aromatic nitrogens is 1. The smallest absolute Gasteiger partial charge is 0.191 e. The number of hydrogen-bond donors (Lipinski definition) is 2. The van der Waals surface area contributed by atoms with Crippen molar-refractivity contribution in [2.24, 2.45) is 4.99 Å². The third-order valence-corrected chi connectivity index (χ3v) is 4.41. The molecule has 0 aliphatic heterocycles. The number of rotatable bonds is 7. The average molecular weight is 347 g/mol. The van der Waals surface area contributed by atoms with Gasteiger partial charge in [0.05, 0.1) is 13.7 Å². The molecule has 1 aromatic heterocycles. The Morgan fingerprint density at radius 2 is 2.12 bits per heavy atom. The monoisotopic (exact) mass is 346 g/mol. The minimum atomic E-state index is 0.599. The van der Waals surface area contributed by atoms with E-state index in [-0.39, 0.29) is 0 Å². The number of aliphatic imine (C=N–C) groups is 1. The molecule has 0 aliphatic rings. The Kier molecular flexibility index (Phi) is 7.06. The second-order valence-corrected chi connectivity index (χ2v) is 6.87. The van der Waals surface area contributed by atoms with Crippen LogP contribution in [-0.2, 0) is 13.0 Å². The molecule has 0 atom stereocenters. The summed E-state index contributed by atoms with van der Waals surface area (Å²) in [5.74, 6) is 1.75. The van der Waals surface area contributed by atoms with Gasteiger partial charge in [0.15, 0.2) is 5.96 Å². The Balaban J connectivity index is 1.92. The minimum absolute atomic E-state index is 0.599. The van der Waals surface area contributed by atoms with Gasteiger partial charge in [-0.3, -0.25) is 0 Å². The summed E-state index contributed by atoms with van der Waals surface area (Å²) >= 11 is 1.68. The van der Waals surface area contributed by atoms with E-state index in [1.807, 2.05) is 12.3 Å². The molecular weight excluding hydrogens is 320 g/mol. The van der Waals surface area contributed by atoms with Crippen LogP contribution in [0.25, 0.3) is 0 Å². The van der Waals surface area contributed by atoms with Crippen LogP contribution in [-0.4, -0.2) is 31.1 Å². The van der Waals surface area contributed by atoms with E-state index >= 15 is 0 Å². The zero-order chi connectivity index (χ0) is 17.4. The maximum Gasteiger partial charge on any atom is 0.191 e. The van der Waals surface area contributed by atoms with E-state index in [9.17, 15) is 0 Å². The van der Waals surface area contributed by atoms with Crippen LogP contribution < -0.4 is 15.4 Å². The van der Waals surface area contributed by atoms with Crippen molar-refractivity contribution in [2.45, 2.75) is 33.7 Å². The first-order valence-corrected chi connectivity index (χ1v) is 9.01. The molecule has 0 fully saturated rings. The first kappa shape index (κ1) is 18.3. The molecule has 5 nitrogen and oxygen atoms in total. The summed E-state index contributed by atoms with van der Waals surface area (Å²) in [6.07, 6.45) is 2.77. The molecule has 0 spiro atoms. The van der Waals surface area contributed by atoms with Crippen molar-refractivity contribution in [3.8, 4) is 5.75 Å². The summed E-state index contributed by atoms with van der Waals surface area (Å²) in [5, 5.41) is 7.68. The fourth-order valence-corrected chi connectivity index (χ4v) is 3.09. The molecule has 130 valence electrons. The van der Waals surface area contributed by atoms with Crippen LogP contribution in [0.3, 0.4) is 0 Å². The maximum atomic E-state index is 5.43. The van der Waals surface area contributed by atoms with Crippen LogP contribution in [0.4, 0.5) is 0 Å². The Morgan fingerprint density at radius 3 is 2.79 bits per heavy atom. The topological polar surface area (TPSA) is 58.5 Å². The predicted molar refractivity (Wildman–Crippen MR) is 101 cm³/mol. The molecule has 1 heterocycles. The van der Waals surface area contributed by atoms with E-state index in [2.05, 4.69) is 53.5 Å². The molecule has 0 aliphatic carbocycles. The lowest BCUT2D eigenvalue weighted by molar-refractivity contribution is 0.409. The van der Waals surface area contributed by atoms with Gasteiger partial charge in [-0.15, -0.1) is 11.3 Å². The highest BCUT2D eigenvalue weighted by atomic mass is 32.1. The van der Waals surface area contributed by atoms with Crippen LogP contribution in [0.5, 0.6) is 5.75 Å². The van der Waals surface area contributed by atoms with Crippen molar-refractivity contribution in [2.75, 3.05) is 20.2 Å². The van der Waals surface area contributed by atoms with E-state index in [1.54, 1.807) is 18.4 Å². The predicted octanol–water partition coefficient (Wildman–Crippen LogP) is 3.07. The third kappa shape index (κ3) is 5.53. The highest BCUT2D eigenvalue weighted by molar-refractivity contribution is 7.11. The first-order valence-electron chi connectivity index (χ1n) is 8.19. The van der Waals surface area contributed by atoms with Crippen LogP contribution >= 0.6 is 11.3 Å². The molecule has 2 N–H and O–H groups in total. The number of nitrogens with one attached hydrogen (secondary N) is 2. The number of guanidine groups is 1. The van der Waals surface area contributed by atoms with Gasteiger partial charge in [-0.2, -0.15) is 0 Å². The Morgan fingerprint density at radius 1 is 1.29 bits per heavy atom. The Labute approximate surface area is 148 Å². The summed E-state index contributed by atoms with van der Waals surface area (Å²) < 4.78 is 5.43. The van der Waals surface area contributed by atoms with Gasteiger partial charge in [0, 0.05) is 24.2 Å². The average Bonchev–Trinajstić information content (AvgIpc) is 2.98. The fraction of sp³-hybridized carbons (Fsp3) is 0.444. The van der Waals surface area contributed by atoms with E-state index in [1.165, 1.54) is 16.0 Å². The SMILES string of the molecule is CCNC(=NCc1ncc(C)s1)NCCc1cc(C)ccc1OC. The molecule has 6 heteroatoms. The van der Waals surface area contributed by atoms with Gasteiger partial charge in [-0.1, -0.05) is 17.7 Å². The summed E-state index contributed by atoms with van der Waals surface area (Å²) in [6.45, 7) is 8.44. The zero-order valence-electron chi connectivity index (χ0n) is 14.8. The van der Waals surface area contributed by atoms with E-state index < -0.39 is 0 Å². The molecule has 2 aromatic rings. The van der Waals surface area contributed by atoms with Crippen LogP contribution in [0.15, 0.2) is 29.4 Å². The van der Waals surface area contributed by atoms with Crippen molar-refractivity contribution in [1.82, 2.24) is 15.6 Å². The summed E-state index contributed by atoms with van der Waals surface area (Å²) in [7, 11) is 1.71. The lowest BCUT2D eigenvalue weighted by Crippen LogP contribution is -2.38. The first-order chi connectivity index (χ1) is 11.6. The second kappa shape index (κ2) is 9.27. The van der Waals surface area contributed by atoms with Gasteiger partial charge in [0.25, 0.3) is 0 Å². The van der Waals surface area contributed by atoms with Gasteiger partial charge in [-0.05, 0) is 38.8 Å². The zero-order valence-corrected chi connectivity index (χ0v) is 15.7. The summed E-state index contributed by atoms with van der Waals surface area (Å²) in [4.78, 5) is 10.2. The Bertz CT molecular complexity index is 681. The summed E-state index contributed by atoms with van der Waals surface area (Å²) in [6, 6.07) is 6.26. The van der Waals surface area contributed by atoms with Gasteiger partial charge in [0.1, 0.15) is 10.8 Å². The van der Waals surface area contributed by atoms with Crippen molar-refractivity contribution < 1.29 is 4.74 Å². The number of aryl methyl sites for hydroxylation is 2. The number of methoxy groups -OCH3 is 1. The summed E-state index contributed by atoms with van der Waals surface area (Å²) in [5.41, 5.74) is 2.45. The van der Waals surface area contributed by atoms with Crippen molar-refractivity contribution in [1.29, 1.82) is 0 Å². The molecule has 24 heavy (non-hydrogen) atoms. The quantitative estimate of drug-likeness (QED) is 0.597. The number of hydrogen-bond acceptors (Lipinski definition) is 4. The molecule has 0 bridgehead atoms. The largest absolute Gasteiger partial charge is 0.496 e. The minimum Gasteiger partial charge on any atom is -0.496 e. The molecule has 0 amide bonds. The van der Waals surface area contributed by atoms with Gasteiger partial charge in [-0.25, -0.2) is 9.98 Å². The van der Waals surface area contributed by atoms with Crippen molar-refractivity contribution >= 4 is 17.3 Å². The Hall–Kier alpha value is -2.08. The third-order valence-electron chi connectivity index (χ3n) is 3.51. The van der Waals surface area contributed by atoms with Crippen LogP contribution in [0, 0.1) is 13.8 Å². The molecule has 0 saturated heterocycles. The molecular formula is C18H26N4OS. The van der Waals surface area contributed by atoms with Crippen molar-refractivity contribution in [3.05, 3.63) is 45.4 Å². The highest BCUT2D eigenvalue weighted by Gasteiger charge is 2.04. The van der Waals surface area contributed by atoms with Gasteiger partial charge < -0.3 is 15.4 Å². The number of nitrogens with zero attached hydrogens (tertiary/aromatic N) is 2. The van der Waals surface area contributed by atoms with Gasteiger partial charge in [0.2, 0.25) is 0 Å². The van der Waals surface area contributed by atoms with Crippen LogP contribution in [0.1, 0.15) is 27.9 Å². The van der Waals surface area contributed by atoms with E-state index in [4.69, 9.17) is 4.74 Å². The van der Waals surface area contributed by atoms with E-state index in [0.717, 1.165) is 36.2 Å². The molecule has 1 aromatic carbocycles. The number of ether oxygens (including phenoxy) is 1. The lowest BCUT2D eigenvalue weighted by atomic mass is 10.1. The number of thiazole rings is 1. The molecule has 0 unspecified atom stereocenters. The second-order valence-electron chi connectivity index (χ2n) is 5.55. The molecule has 0 radical (unpaired) electrons. The number of benzene rings is 1. The van der Waals surface area contributed by atoms with E-state index in [0.29, 0.717) is 6.54 Å².